The van der Waals surface area contributed by atoms with Crippen LogP contribution < -0.4 is 10.2 Å². The van der Waals surface area contributed by atoms with Crippen LogP contribution in [0.4, 0.5) is 5.69 Å². The predicted molar refractivity (Wildman–Crippen MR) is 142 cm³/mol. The van der Waals surface area contributed by atoms with Crippen molar-refractivity contribution in [2.75, 3.05) is 4.90 Å². The molecule has 1 aliphatic rings. The SMILES string of the molecule is Cc1cc([C@H]2[C@H](c3ccccn3)NC(=S)N2c2ccc(Cl)cc2)c(C)n1-c1ccccc1Br. The van der Waals surface area contributed by atoms with Crippen molar-refractivity contribution in [2.45, 2.75) is 25.9 Å². The van der Waals surface area contributed by atoms with Gasteiger partial charge in [0.05, 0.1) is 23.5 Å². The van der Waals surface area contributed by atoms with Gasteiger partial charge in [-0.25, -0.2) is 0 Å². The summed E-state index contributed by atoms with van der Waals surface area (Å²) in [6.45, 7) is 4.30. The van der Waals surface area contributed by atoms with Crippen molar-refractivity contribution in [2.24, 2.45) is 0 Å². The van der Waals surface area contributed by atoms with Gasteiger partial charge in [-0.2, -0.15) is 0 Å². The number of aryl methyl sites for hydroxylation is 1. The molecule has 5 rings (SSSR count). The summed E-state index contributed by atoms with van der Waals surface area (Å²) in [5.41, 5.74) is 6.57. The Morgan fingerprint density at radius 1 is 1.00 bits per heavy atom. The molecule has 0 amide bonds. The number of para-hydroxylation sites is 1. The van der Waals surface area contributed by atoms with Gasteiger partial charge in [0.2, 0.25) is 0 Å². The van der Waals surface area contributed by atoms with Gasteiger partial charge in [0.25, 0.3) is 0 Å². The highest BCUT2D eigenvalue weighted by Gasteiger charge is 2.42. The Hall–Kier alpha value is -2.67. The quantitative estimate of drug-likeness (QED) is 0.282. The van der Waals surface area contributed by atoms with Gasteiger partial charge >= 0.3 is 0 Å². The molecule has 166 valence electrons. The number of hydrogen-bond donors (Lipinski definition) is 1. The van der Waals surface area contributed by atoms with E-state index in [0.717, 1.165) is 32.9 Å². The van der Waals surface area contributed by atoms with Crippen LogP contribution in [0.5, 0.6) is 0 Å². The second-order valence-corrected chi connectivity index (χ2v) is 9.76. The number of pyridine rings is 1. The van der Waals surface area contributed by atoms with Gasteiger partial charge in [0, 0.05) is 32.8 Å². The fourth-order valence-electron chi connectivity index (χ4n) is 4.64. The highest BCUT2D eigenvalue weighted by Crippen LogP contribution is 2.44. The maximum absolute atomic E-state index is 6.18. The Bertz CT molecular complexity index is 1320. The van der Waals surface area contributed by atoms with Gasteiger partial charge in [-0.05, 0) is 102 Å². The van der Waals surface area contributed by atoms with E-state index in [4.69, 9.17) is 23.8 Å². The molecule has 1 saturated heterocycles. The molecule has 1 aliphatic heterocycles. The van der Waals surface area contributed by atoms with E-state index < -0.39 is 0 Å². The predicted octanol–water partition coefficient (Wildman–Crippen LogP) is 7.08. The van der Waals surface area contributed by atoms with Crippen LogP contribution in [-0.2, 0) is 0 Å². The van der Waals surface area contributed by atoms with Crippen LogP contribution in [0, 0.1) is 13.8 Å². The first-order valence-electron chi connectivity index (χ1n) is 10.7. The molecule has 0 aliphatic carbocycles. The van der Waals surface area contributed by atoms with Crippen molar-refractivity contribution in [1.82, 2.24) is 14.9 Å². The molecule has 0 bridgehead atoms. The van der Waals surface area contributed by atoms with E-state index in [0.29, 0.717) is 10.1 Å². The van der Waals surface area contributed by atoms with E-state index in [1.807, 2.05) is 54.7 Å². The Kier molecular flexibility index (Phi) is 5.99. The van der Waals surface area contributed by atoms with Gasteiger partial charge < -0.3 is 14.8 Å². The van der Waals surface area contributed by atoms with E-state index in [9.17, 15) is 0 Å². The fourth-order valence-corrected chi connectivity index (χ4v) is 5.58. The zero-order valence-electron chi connectivity index (χ0n) is 18.2. The summed E-state index contributed by atoms with van der Waals surface area (Å²) in [6.07, 6.45) is 1.83. The topological polar surface area (TPSA) is 33.1 Å². The molecule has 0 unspecified atom stereocenters. The van der Waals surface area contributed by atoms with Gasteiger partial charge in [-0.3, -0.25) is 4.98 Å². The Balaban J connectivity index is 1.69. The van der Waals surface area contributed by atoms with E-state index in [1.54, 1.807) is 0 Å². The average molecular weight is 538 g/mol. The third-order valence-electron chi connectivity index (χ3n) is 6.09. The lowest BCUT2D eigenvalue weighted by Crippen LogP contribution is -2.29. The normalized spacial score (nSPS) is 17.9. The third-order valence-corrected chi connectivity index (χ3v) is 7.32. The van der Waals surface area contributed by atoms with Crippen molar-refractivity contribution in [1.29, 1.82) is 0 Å². The highest BCUT2D eigenvalue weighted by molar-refractivity contribution is 9.10. The van der Waals surface area contributed by atoms with Crippen molar-refractivity contribution >= 4 is 50.5 Å². The summed E-state index contributed by atoms with van der Waals surface area (Å²) >= 11 is 15.7. The Labute approximate surface area is 212 Å². The van der Waals surface area contributed by atoms with Crippen LogP contribution in [0.1, 0.15) is 34.7 Å². The Morgan fingerprint density at radius 3 is 2.42 bits per heavy atom. The van der Waals surface area contributed by atoms with Gasteiger partial charge in [0.15, 0.2) is 5.11 Å². The molecular formula is C26H22BrClN4S. The van der Waals surface area contributed by atoms with Crippen LogP contribution in [-0.4, -0.2) is 14.7 Å². The number of halogens is 2. The number of nitrogens with zero attached hydrogens (tertiary/aromatic N) is 3. The molecule has 4 aromatic rings. The third kappa shape index (κ3) is 3.97. The molecule has 33 heavy (non-hydrogen) atoms. The van der Waals surface area contributed by atoms with Gasteiger partial charge in [-0.1, -0.05) is 29.8 Å². The molecular weight excluding hydrogens is 516 g/mol. The second-order valence-electron chi connectivity index (χ2n) is 8.09. The molecule has 0 saturated carbocycles. The summed E-state index contributed by atoms with van der Waals surface area (Å²) in [5, 5.41) is 4.90. The molecule has 1 N–H and O–H groups in total. The maximum Gasteiger partial charge on any atom is 0.174 e. The van der Waals surface area contributed by atoms with Crippen molar-refractivity contribution in [3.63, 3.8) is 0 Å². The first kappa shape index (κ1) is 22.1. The van der Waals surface area contributed by atoms with Crippen molar-refractivity contribution < 1.29 is 0 Å². The van der Waals surface area contributed by atoms with Crippen LogP contribution in [0.3, 0.4) is 0 Å². The van der Waals surface area contributed by atoms with Crippen LogP contribution in [0.25, 0.3) is 5.69 Å². The summed E-state index contributed by atoms with van der Waals surface area (Å²) < 4.78 is 3.34. The zero-order valence-corrected chi connectivity index (χ0v) is 21.3. The minimum absolute atomic E-state index is 0.0731. The first-order chi connectivity index (χ1) is 16.0. The minimum Gasteiger partial charge on any atom is -0.351 e. The average Bonchev–Trinajstić information content (AvgIpc) is 3.31. The summed E-state index contributed by atoms with van der Waals surface area (Å²) in [5.74, 6) is 0. The van der Waals surface area contributed by atoms with E-state index in [2.05, 4.69) is 73.8 Å². The number of hydrogen-bond acceptors (Lipinski definition) is 2. The molecule has 3 heterocycles. The zero-order chi connectivity index (χ0) is 23.1. The number of aromatic nitrogens is 2. The second kappa shape index (κ2) is 8.93. The lowest BCUT2D eigenvalue weighted by Gasteiger charge is -2.28. The standard InChI is InChI=1S/C26H22BrClN4S/c1-16-15-20(17(2)31(16)23-9-4-3-7-21(23)27)25-24(22-8-5-6-14-29-22)30-26(33)32(25)19-12-10-18(28)11-13-19/h3-15,24-25H,1-2H3,(H,30,33)/t24-,25-/m0/s1. The molecule has 2 atom stereocenters. The van der Waals surface area contributed by atoms with Crippen LogP contribution >= 0.6 is 39.7 Å². The molecule has 0 radical (unpaired) electrons. The molecule has 2 aromatic heterocycles. The summed E-state index contributed by atoms with van der Waals surface area (Å²) in [4.78, 5) is 6.84. The molecule has 1 fully saturated rings. The first-order valence-corrected chi connectivity index (χ1v) is 12.2. The minimum atomic E-state index is -0.0949. The van der Waals surface area contributed by atoms with E-state index in [1.165, 1.54) is 5.56 Å². The number of anilines is 1. The number of rotatable bonds is 4. The monoisotopic (exact) mass is 536 g/mol. The highest BCUT2D eigenvalue weighted by atomic mass is 79.9. The fraction of sp³-hybridized carbons (Fsp3) is 0.154. The molecule has 4 nitrogen and oxygen atoms in total. The number of thiocarbonyl (C=S) groups is 1. The summed E-state index contributed by atoms with van der Waals surface area (Å²) in [7, 11) is 0. The Morgan fingerprint density at radius 2 is 1.73 bits per heavy atom. The van der Waals surface area contributed by atoms with E-state index in [-0.39, 0.29) is 12.1 Å². The van der Waals surface area contributed by atoms with Crippen molar-refractivity contribution in [3.8, 4) is 5.69 Å². The van der Waals surface area contributed by atoms with Gasteiger partial charge in [0.1, 0.15) is 0 Å². The van der Waals surface area contributed by atoms with Crippen LogP contribution in [0.15, 0.2) is 83.5 Å². The van der Waals surface area contributed by atoms with Gasteiger partial charge in [-0.15, -0.1) is 0 Å². The number of nitrogens with one attached hydrogen (secondary N) is 1. The van der Waals surface area contributed by atoms with Crippen LogP contribution in [0.2, 0.25) is 5.02 Å². The maximum atomic E-state index is 6.18. The lowest BCUT2D eigenvalue weighted by molar-refractivity contribution is 0.565. The molecule has 7 heteroatoms. The summed E-state index contributed by atoms with van der Waals surface area (Å²) in [6, 6.07) is 24.2. The van der Waals surface area contributed by atoms with E-state index >= 15 is 0 Å². The molecule has 2 aromatic carbocycles. The largest absolute Gasteiger partial charge is 0.351 e. The lowest BCUT2D eigenvalue weighted by atomic mass is 9.96. The smallest absolute Gasteiger partial charge is 0.174 e. The molecule has 0 spiro atoms. The number of benzene rings is 2. The van der Waals surface area contributed by atoms with Crippen molar-refractivity contribution in [3.05, 3.63) is 111 Å².